The lowest BCUT2D eigenvalue weighted by atomic mass is 9.76. The third-order valence-electron chi connectivity index (χ3n) is 4.56. The van der Waals surface area contributed by atoms with Crippen molar-refractivity contribution in [3.8, 4) is 5.75 Å². The summed E-state index contributed by atoms with van der Waals surface area (Å²) >= 11 is 0. The summed E-state index contributed by atoms with van der Waals surface area (Å²) in [4.78, 5) is 23.5. The Kier molecular flexibility index (Phi) is 4.52. The Balaban J connectivity index is 1.60. The molecule has 0 unspecified atom stereocenters. The molecule has 124 valence electrons. The topological polar surface area (TPSA) is 84.9 Å². The SMILES string of the molecule is O=C(NC1(C(=O)O)CCC1)c1ccc(OC2CCOCC2)cc1. The van der Waals surface area contributed by atoms with Crippen molar-refractivity contribution in [2.24, 2.45) is 0 Å². The molecular weight excluding hydrogens is 298 g/mol. The summed E-state index contributed by atoms with van der Waals surface area (Å²) in [6, 6.07) is 6.83. The molecule has 0 bridgehead atoms. The molecule has 1 saturated heterocycles. The summed E-state index contributed by atoms with van der Waals surface area (Å²) in [6.45, 7) is 1.42. The van der Waals surface area contributed by atoms with Crippen LogP contribution in [0.4, 0.5) is 0 Å². The molecule has 2 N–H and O–H groups in total. The average molecular weight is 319 g/mol. The van der Waals surface area contributed by atoms with E-state index in [1.807, 2.05) is 0 Å². The summed E-state index contributed by atoms with van der Waals surface area (Å²) in [5, 5.41) is 11.9. The van der Waals surface area contributed by atoms with E-state index in [4.69, 9.17) is 9.47 Å². The minimum Gasteiger partial charge on any atom is -0.490 e. The molecule has 2 aliphatic rings. The molecule has 1 aliphatic heterocycles. The lowest BCUT2D eigenvalue weighted by Gasteiger charge is -2.38. The van der Waals surface area contributed by atoms with Crippen LogP contribution in [0.15, 0.2) is 24.3 Å². The Bertz CT molecular complexity index is 573. The zero-order chi connectivity index (χ0) is 16.3. The van der Waals surface area contributed by atoms with E-state index in [0.29, 0.717) is 37.4 Å². The molecule has 1 saturated carbocycles. The molecule has 2 fully saturated rings. The van der Waals surface area contributed by atoms with E-state index in [0.717, 1.165) is 19.3 Å². The lowest BCUT2D eigenvalue weighted by molar-refractivity contribution is -0.148. The highest BCUT2D eigenvalue weighted by atomic mass is 16.5. The largest absolute Gasteiger partial charge is 0.490 e. The maximum Gasteiger partial charge on any atom is 0.329 e. The first kappa shape index (κ1) is 15.8. The quantitative estimate of drug-likeness (QED) is 0.867. The van der Waals surface area contributed by atoms with E-state index in [2.05, 4.69) is 5.32 Å². The van der Waals surface area contributed by atoms with Gasteiger partial charge in [0, 0.05) is 18.4 Å². The third-order valence-corrected chi connectivity index (χ3v) is 4.56. The third kappa shape index (κ3) is 3.47. The zero-order valence-electron chi connectivity index (χ0n) is 12.9. The molecule has 0 atom stereocenters. The fourth-order valence-corrected chi connectivity index (χ4v) is 2.88. The molecule has 6 heteroatoms. The van der Waals surface area contributed by atoms with Crippen molar-refractivity contribution in [2.45, 2.75) is 43.7 Å². The van der Waals surface area contributed by atoms with Crippen molar-refractivity contribution >= 4 is 11.9 Å². The van der Waals surface area contributed by atoms with Crippen LogP contribution in [0.3, 0.4) is 0 Å². The Morgan fingerprint density at radius 1 is 1.17 bits per heavy atom. The smallest absolute Gasteiger partial charge is 0.329 e. The van der Waals surface area contributed by atoms with Crippen molar-refractivity contribution < 1.29 is 24.2 Å². The number of hydrogen-bond acceptors (Lipinski definition) is 4. The lowest BCUT2D eigenvalue weighted by Crippen LogP contribution is -2.59. The van der Waals surface area contributed by atoms with Crippen LogP contribution in [0, 0.1) is 0 Å². The fourth-order valence-electron chi connectivity index (χ4n) is 2.88. The first-order valence-corrected chi connectivity index (χ1v) is 7.99. The maximum atomic E-state index is 12.2. The standard InChI is InChI=1S/C17H21NO5/c19-15(18-17(16(20)21)8-1-9-17)12-2-4-13(5-3-12)23-14-6-10-22-11-7-14/h2-5,14H,1,6-11H2,(H,18,19)(H,20,21). The van der Waals surface area contributed by atoms with Gasteiger partial charge in [0.05, 0.1) is 13.2 Å². The van der Waals surface area contributed by atoms with Gasteiger partial charge in [-0.3, -0.25) is 4.79 Å². The summed E-state index contributed by atoms with van der Waals surface area (Å²) in [7, 11) is 0. The number of benzene rings is 1. The molecule has 6 nitrogen and oxygen atoms in total. The first-order chi connectivity index (χ1) is 11.1. The second-order valence-electron chi connectivity index (χ2n) is 6.15. The number of nitrogens with one attached hydrogen (secondary N) is 1. The average Bonchev–Trinajstić information content (AvgIpc) is 2.52. The van der Waals surface area contributed by atoms with Crippen LogP contribution < -0.4 is 10.1 Å². The predicted molar refractivity (Wildman–Crippen MR) is 82.6 cm³/mol. The highest BCUT2D eigenvalue weighted by molar-refractivity contribution is 5.98. The monoisotopic (exact) mass is 319 g/mol. The van der Waals surface area contributed by atoms with Gasteiger partial charge in [-0.2, -0.15) is 0 Å². The molecule has 1 amide bonds. The molecule has 0 spiro atoms. The van der Waals surface area contributed by atoms with Gasteiger partial charge in [0.2, 0.25) is 0 Å². The molecule has 0 aromatic heterocycles. The van der Waals surface area contributed by atoms with Gasteiger partial charge in [0.15, 0.2) is 0 Å². The Morgan fingerprint density at radius 2 is 1.83 bits per heavy atom. The first-order valence-electron chi connectivity index (χ1n) is 7.99. The van der Waals surface area contributed by atoms with Gasteiger partial charge >= 0.3 is 5.97 Å². The highest BCUT2D eigenvalue weighted by Crippen LogP contribution is 2.32. The Morgan fingerprint density at radius 3 is 2.35 bits per heavy atom. The van der Waals surface area contributed by atoms with E-state index >= 15 is 0 Å². The summed E-state index contributed by atoms with van der Waals surface area (Å²) in [5.41, 5.74) is -0.647. The molecule has 1 aromatic rings. The van der Waals surface area contributed by atoms with Crippen LogP contribution in [-0.4, -0.2) is 41.8 Å². The van der Waals surface area contributed by atoms with Crippen LogP contribution in [0.2, 0.25) is 0 Å². The molecule has 23 heavy (non-hydrogen) atoms. The summed E-state index contributed by atoms with van der Waals surface area (Å²) < 4.78 is 11.1. The molecule has 1 heterocycles. The summed E-state index contributed by atoms with van der Waals surface area (Å²) in [5.74, 6) is -0.605. The molecular formula is C17H21NO5. The van der Waals surface area contributed by atoms with E-state index in [-0.39, 0.29) is 12.0 Å². The second kappa shape index (κ2) is 6.58. The molecule has 1 aliphatic carbocycles. The van der Waals surface area contributed by atoms with E-state index in [1.165, 1.54) is 0 Å². The van der Waals surface area contributed by atoms with Gasteiger partial charge in [-0.25, -0.2) is 4.79 Å². The number of carboxylic acid groups (broad SMARTS) is 1. The number of hydrogen-bond donors (Lipinski definition) is 2. The number of amides is 1. The van der Waals surface area contributed by atoms with Crippen molar-refractivity contribution in [3.63, 3.8) is 0 Å². The number of carboxylic acids is 1. The number of carbonyl (C=O) groups excluding carboxylic acids is 1. The summed E-state index contributed by atoms with van der Waals surface area (Å²) in [6.07, 6.45) is 3.67. The predicted octanol–water partition coefficient (Wildman–Crippen LogP) is 1.98. The van der Waals surface area contributed by atoms with Gasteiger partial charge in [-0.1, -0.05) is 0 Å². The highest BCUT2D eigenvalue weighted by Gasteiger charge is 2.45. The van der Waals surface area contributed by atoms with Crippen molar-refractivity contribution in [2.75, 3.05) is 13.2 Å². The van der Waals surface area contributed by atoms with E-state index < -0.39 is 11.5 Å². The zero-order valence-corrected chi connectivity index (χ0v) is 12.9. The molecule has 3 rings (SSSR count). The van der Waals surface area contributed by atoms with Crippen LogP contribution in [0.5, 0.6) is 5.75 Å². The Labute approximate surface area is 134 Å². The number of ether oxygens (including phenoxy) is 2. The minimum atomic E-state index is -1.09. The number of rotatable bonds is 5. The number of carbonyl (C=O) groups is 2. The maximum absolute atomic E-state index is 12.2. The van der Waals surface area contributed by atoms with Crippen LogP contribution in [0.1, 0.15) is 42.5 Å². The normalized spacial score (nSPS) is 20.3. The van der Waals surface area contributed by atoms with Crippen LogP contribution in [-0.2, 0) is 9.53 Å². The van der Waals surface area contributed by atoms with Gasteiger partial charge < -0.3 is 19.9 Å². The Hall–Kier alpha value is -2.08. The van der Waals surface area contributed by atoms with Crippen LogP contribution >= 0.6 is 0 Å². The van der Waals surface area contributed by atoms with Gasteiger partial charge in [0.1, 0.15) is 17.4 Å². The minimum absolute atomic E-state index is 0.147. The number of aliphatic carboxylic acids is 1. The fraction of sp³-hybridized carbons (Fsp3) is 0.529. The van der Waals surface area contributed by atoms with Crippen molar-refractivity contribution in [1.29, 1.82) is 0 Å². The molecule has 0 radical (unpaired) electrons. The second-order valence-corrected chi connectivity index (χ2v) is 6.15. The molecule has 1 aromatic carbocycles. The van der Waals surface area contributed by atoms with Crippen LogP contribution in [0.25, 0.3) is 0 Å². The van der Waals surface area contributed by atoms with E-state index in [9.17, 15) is 14.7 Å². The van der Waals surface area contributed by atoms with Crippen molar-refractivity contribution in [3.05, 3.63) is 29.8 Å². The van der Waals surface area contributed by atoms with Gasteiger partial charge in [0.25, 0.3) is 5.91 Å². The van der Waals surface area contributed by atoms with Crippen molar-refractivity contribution in [1.82, 2.24) is 5.32 Å². The van der Waals surface area contributed by atoms with Gasteiger partial charge in [-0.05, 0) is 43.5 Å². The van der Waals surface area contributed by atoms with E-state index in [1.54, 1.807) is 24.3 Å². The van der Waals surface area contributed by atoms with Gasteiger partial charge in [-0.15, -0.1) is 0 Å².